The molecule has 1 fully saturated rings. The lowest BCUT2D eigenvalue weighted by Crippen LogP contribution is -2.33. The Bertz CT molecular complexity index is 461. The van der Waals surface area contributed by atoms with Crippen molar-refractivity contribution in [3.8, 4) is 0 Å². The number of allylic oxidation sites excluding steroid dienone is 1. The maximum absolute atomic E-state index is 10.6. The van der Waals surface area contributed by atoms with E-state index < -0.39 is 49.1 Å². The van der Waals surface area contributed by atoms with Crippen LogP contribution in [0, 0.1) is 11.8 Å². The van der Waals surface area contributed by atoms with Crippen molar-refractivity contribution in [1.82, 2.24) is 0 Å². The van der Waals surface area contributed by atoms with Crippen molar-refractivity contribution in [3.63, 3.8) is 0 Å². The standard InChI is InChI=1S/C9H12O4.C5H10O5/c1-5-2-6(8(10)11)4-7(3-5)9(12)13;6-1-2-3(7)4(8)5(9)10-2/h2,5,7H,3-4H2,1H3,(H,10,11)(H,12,13);2-9H,1H2/t;2-,3-,4-,5-/m.1/s1. The van der Waals surface area contributed by atoms with Crippen molar-refractivity contribution >= 4 is 11.9 Å². The summed E-state index contributed by atoms with van der Waals surface area (Å²) in [5.41, 5.74) is 0.228. The number of rotatable bonds is 3. The normalized spacial score (nSPS) is 36.7. The number of aliphatic hydroxyl groups is 4. The molecule has 1 aliphatic heterocycles. The van der Waals surface area contributed by atoms with Crippen molar-refractivity contribution < 1.29 is 45.0 Å². The number of hydrogen-bond acceptors (Lipinski definition) is 7. The van der Waals surface area contributed by atoms with Crippen molar-refractivity contribution in [3.05, 3.63) is 11.6 Å². The lowest BCUT2D eigenvalue weighted by molar-refractivity contribution is -0.142. The Kier molecular flexibility index (Phi) is 7.10. The Morgan fingerprint density at radius 1 is 1.22 bits per heavy atom. The second kappa shape index (κ2) is 8.37. The summed E-state index contributed by atoms with van der Waals surface area (Å²) in [6.07, 6.45) is -2.43. The van der Waals surface area contributed by atoms with E-state index in [1.165, 1.54) is 0 Å². The molecule has 1 heterocycles. The van der Waals surface area contributed by atoms with Crippen LogP contribution in [-0.4, -0.2) is 73.8 Å². The third-order valence-electron chi connectivity index (χ3n) is 3.75. The van der Waals surface area contributed by atoms with Crippen molar-refractivity contribution in [2.45, 2.75) is 44.4 Å². The van der Waals surface area contributed by atoms with Gasteiger partial charge in [-0.15, -0.1) is 0 Å². The number of carboxylic acids is 2. The Morgan fingerprint density at radius 3 is 2.17 bits per heavy atom. The maximum Gasteiger partial charge on any atom is 0.331 e. The van der Waals surface area contributed by atoms with Gasteiger partial charge in [-0.25, -0.2) is 4.79 Å². The average molecular weight is 334 g/mol. The van der Waals surface area contributed by atoms with Gasteiger partial charge >= 0.3 is 11.9 Å². The van der Waals surface area contributed by atoms with E-state index in [9.17, 15) is 9.59 Å². The van der Waals surface area contributed by atoms with Gasteiger partial charge in [0.25, 0.3) is 0 Å². The van der Waals surface area contributed by atoms with Gasteiger partial charge in [0.15, 0.2) is 6.29 Å². The predicted molar refractivity (Wildman–Crippen MR) is 75.2 cm³/mol. The van der Waals surface area contributed by atoms with Gasteiger partial charge < -0.3 is 35.4 Å². The highest BCUT2D eigenvalue weighted by Gasteiger charge is 2.41. The number of carbonyl (C=O) groups is 2. The fourth-order valence-corrected chi connectivity index (χ4v) is 2.50. The summed E-state index contributed by atoms with van der Waals surface area (Å²) in [4.78, 5) is 21.3. The molecule has 23 heavy (non-hydrogen) atoms. The summed E-state index contributed by atoms with van der Waals surface area (Å²) < 4.78 is 4.54. The van der Waals surface area contributed by atoms with E-state index in [2.05, 4.69) is 4.74 Å². The van der Waals surface area contributed by atoms with Crippen molar-refractivity contribution in [2.75, 3.05) is 6.61 Å². The van der Waals surface area contributed by atoms with Gasteiger partial charge in [0.1, 0.15) is 18.3 Å². The second-order valence-corrected chi connectivity index (χ2v) is 5.68. The number of hydrogen-bond donors (Lipinski definition) is 6. The van der Waals surface area contributed by atoms with Crippen molar-refractivity contribution in [2.24, 2.45) is 11.8 Å². The summed E-state index contributed by atoms with van der Waals surface area (Å²) in [5, 5.41) is 52.4. The largest absolute Gasteiger partial charge is 0.481 e. The summed E-state index contributed by atoms with van der Waals surface area (Å²) in [7, 11) is 0. The van der Waals surface area contributed by atoms with Crippen molar-refractivity contribution in [1.29, 1.82) is 0 Å². The van der Waals surface area contributed by atoms with Crippen LogP contribution in [0.15, 0.2) is 11.6 Å². The van der Waals surface area contributed by atoms with Crippen LogP contribution in [0.3, 0.4) is 0 Å². The molecule has 0 saturated carbocycles. The highest BCUT2D eigenvalue weighted by Crippen LogP contribution is 2.28. The first-order valence-corrected chi connectivity index (χ1v) is 7.14. The SMILES string of the molecule is CC1C=C(C(=O)O)CC(C(=O)O)C1.OC[C@H]1O[C@@H](O)[C@H](O)[C@@H]1O. The lowest BCUT2D eigenvalue weighted by Gasteiger charge is -2.21. The van der Waals surface area contributed by atoms with Crippen LogP contribution >= 0.6 is 0 Å². The minimum atomic E-state index is -1.38. The highest BCUT2D eigenvalue weighted by molar-refractivity contribution is 5.88. The Morgan fingerprint density at radius 2 is 1.83 bits per heavy atom. The number of aliphatic hydroxyl groups excluding tert-OH is 4. The second-order valence-electron chi connectivity index (χ2n) is 5.68. The molecular formula is C14H22O9. The molecule has 2 rings (SSSR count). The first-order chi connectivity index (χ1) is 10.7. The molecule has 9 heteroatoms. The number of carboxylic acid groups (broad SMARTS) is 2. The molecule has 0 amide bonds. The quantitative estimate of drug-likeness (QED) is 0.362. The van der Waals surface area contributed by atoms with E-state index >= 15 is 0 Å². The highest BCUT2D eigenvalue weighted by atomic mass is 16.6. The zero-order valence-electron chi connectivity index (χ0n) is 12.6. The third kappa shape index (κ3) is 5.26. The molecule has 132 valence electrons. The van der Waals surface area contributed by atoms with E-state index in [1.807, 2.05) is 6.92 Å². The number of aliphatic carboxylic acids is 2. The smallest absolute Gasteiger partial charge is 0.331 e. The first kappa shape index (κ1) is 19.5. The minimum absolute atomic E-state index is 0.0425. The Balaban J connectivity index is 0.000000238. The minimum Gasteiger partial charge on any atom is -0.481 e. The number of ether oxygens (including phenoxy) is 1. The molecule has 0 aromatic heterocycles. The molecule has 2 unspecified atom stereocenters. The van der Waals surface area contributed by atoms with E-state index in [0.29, 0.717) is 6.42 Å². The van der Waals surface area contributed by atoms with Gasteiger partial charge in [0.05, 0.1) is 12.5 Å². The van der Waals surface area contributed by atoms with Crippen LogP contribution in [0.25, 0.3) is 0 Å². The molecule has 0 spiro atoms. The molecule has 0 bridgehead atoms. The van der Waals surface area contributed by atoms with Crippen LogP contribution in [0.2, 0.25) is 0 Å². The molecular weight excluding hydrogens is 312 g/mol. The van der Waals surface area contributed by atoms with E-state index in [1.54, 1.807) is 6.08 Å². The molecule has 6 N–H and O–H groups in total. The summed E-state index contributed by atoms with van der Waals surface area (Å²) >= 11 is 0. The first-order valence-electron chi connectivity index (χ1n) is 7.14. The van der Waals surface area contributed by atoms with E-state index in [4.69, 9.17) is 30.6 Å². The lowest BCUT2D eigenvalue weighted by atomic mass is 9.83. The molecule has 0 radical (unpaired) electrons. The molecule has 2 aliphatic rings. The third-order valence-corrected chi connectivity index (χ3v) is 3.75. The molecule has 1 aliphatic carbocycles. The van der Waals surface area contributed by atoms with Gasteiger partial charge in [0, 0.05) is 5.57 Å². The maximum atomic E-state index is 10.6. The van der Waals surface area contributed by atoms with Crippen LogP contribution in [0.1, 0.15) is 19.8 Å². The monoisotopic (exact) mass is 334 g/mol. The van der Waals surface area contributed by atoms with Gasteiger partial charge in [-0.2, -0.15) is 0 Å². The molecule has 6 atom stereocenters. The van der Waals surface area contributed by atoms with E-state index in [0.717, 1.165) is 0 Å². The fraction of sp³-hybridized carbons (Fsp3) is 0.714. The zero-order chi connectivity index (χ0) is 17.7. The zero-order valence-corrected chi connectivity index (χ0v) is 12.6. The molecule has 9 nitrogen and oxygen atoms in total. The average Bonchev–Trinajstić information content (AvgIpc) is 2.74. The van der Waals surface area contributed by atoms with E-state index in [-0.39, 0.29) is 17.9 Å². The molecule has 1 saturated heterocycles. The topological polar surface area (TPSA) is 165 Å². The summed E-state index contributed by atoms with van der Waals surface area (Å²) in [6, 6.07) is 0. The molecule has 0 aromatic carbocycles. The van der Waals surface area contributed by atoms with Crippen LogP contribution in [0.5, 0.6) is 0 Å². The molecule has 0 aromatic rings. The fourth-order valence-electron chi connectivity index (χ4n) is 2.50. The Hall–Kier alpha value is -1.52. The van der Waals surface area contributed by atoms with Gasteiger partial charge in [-0.3, -0.25) is 4.79 Å². The van der Waals surface area contributed by atoms with Gasteiger partial charge in [0.2, 0.25) is 0 Å². The predicted octanol–water partition coefficient (Wildman–Crippen LogP) is -1.45. The van der Waals surface area contributed by atoms with Crippen LogP contribution < -0.4 is 0 Å². The van der Waals surface area contributed by atoms with Crippen LogP contribution in [-0.2, 0) is 14.3 Å². The van der Waals surface area contributed by atoms with Gasteiger partial charge in [-0.05, 0) is 18.8 Å². The van der Waals surface area contributed by atoms with Gasteiger partial charge in [-0.1, -0.05) is 13.0 Å². The summed E-state index contributed by atoms with van der Waals surface area (Å²) in [5.74, 6) is -2.40. The van der Waals surface area contributed by atoms with Crippen LogP contribution in [0.4, 0.5) is 0 Å². The summed E-state index contributed by atoms with van der Waals surface area (Å²) in [6.45, 7) is 1.42. The Labute approximate surface area is 132 Å².